The maximum absolute atomic E-state index is 11.4. The molecule has 0 unspecified atom stereocenters. The highest BCUT2D eigenvalue weighted by Crippen LogP contribution is 2.26. The number of aliphatic hydroxyl groups is 2. The van der Waals surface area contributed by atoms with Gasteiger partial charge in [0.15, 0.2) is 11.9 Å². The lowest BCUT2D eigenvalue weighted by Crippen LogP contribution is -2.31. The monoisotopic (exact) mass is 430 g/mol. The molecular formula is C23H42O5S. The number of rotatable bonds is 19. The summed E-state index contributed by atoms with van der Waals surface area (Å²) in [7, 11) is 1.36. The molecule has 1 rings (SSSR count). The maximum atomic E-state index is 11.4. The molecule has 0 fully saturated rings. The molecule has 29 heavy (non-hydrogen) atoms. The highest BCUT2D eigenvalue weighted by molar-refractivity contribution is 7.99. The van der Waals surface area contributed by atoms with Crippen LogP contribution in [0.5, 0.6) is 0 Å². The summed E-state index contributed by atoms with van der Waals surface area (Å²) >= 11 is 1.65. The highest BCUT2D eigenvalue weighted by Gasteiger charge is 2.40. The van der Waals surface area contributed by atoms with Crippen LogP contribution < -0.4 is 0 Å². The van der Waals surface area contributed by atoms with Crippen LogP contribution in [0, 0.1) is 0 Å². The number of hydrogen-bond acceptors (Lipinski definition) is 6. The number of thioether (sulfide) groups is 1. The van der Waals surface area contributed by atoms with E-state index in [1.165, 1.54) is 90.6 Å². The molecule has 0 bridgehead atoms. The van der Waals surface area contributed by atoms with Gasteiger partial charge in [0.1, 0.15) is 6.10 Å². The first-order chi connectivity index (χ1) is 14.1. The Kier molecular flexibility index (Phi) is 15.2. The van der Waals surface area contributed by atoms with E-state index in [0.717, 1.165) is 12.2 Å². The number of aliphatic hydroxyl groups excluding tert-OH is 2. The number of cyclic esters (lactones) is 1. The van der Waals surface area contributed by atoms with Gasteiger partial charge in [-0.3, -0.25) is 0 Å². The molecule has 0 radical (unpaired) electrons. The molecule has 1 aliphatic rings. The summed E-state index contributed by atoms with van der Waals surface area (Å²) in [5.41, 5.74) is 0. The number of carbonyl (C=O) groups is 1. The Hall–Kier alpha value is -0.880. The van der Waals surface area contributed by atoms with Crippen molar-refractivity contribution in [2.45, 2.75) is 109 Å². The molecule has 0 aromatic rings. The van der Waals surface area contributed by atoms with Crippen molar-refractivity contribution in [2.24, 2.45) is 0 Å². The number of ether oxygens (including phenoxy) is 2. The van der Waals surface area contributed by atoms with Crippen molar-refractivity contribution in [3.63, 3.8) is 0 Å². The first kappa shape index (κ1) is 26.2. The Bertz CT molecular complexity index is 466. The SMILES string of the molecule is CCCCCCCCCCCCCCCCSC[C@H](O)[C@H]1OC(=O)C(O)=C1OC. The van der Waals surface area contributed by atoms with Crippen molar-refractivity contribution in [2.75, 3.05) is 18.6 Å². The zero-order valence-electron chi connectivity index (χ0n) is 18.5. The van der Waals surface area contributed by atoms with Gasteiger partial charge in [-0.15, -0.1) is 0 Å². The molecule has 2 atom stereocenters. The standard InChI is InChI=1S/C23H42O5S/c1-3-4-5-6-7-8-9-10-11-12-13-14-15-16-17-29-18-19(24)21-22(27-2)20(25)23(26)28-21/h19,21,24-25H,3-18H2,1-2H3/t19-,21+/m0/s1. The molecule has 0 saturated heterocycles. The maximum Gasteiger partial charge on any atom is 0.378 e. The quantitative estimate of drug-likeness (QED) is 0.196. The minimum Gasteiger partial charge on any atom is -0.499 e. The van der Waals surface area contributed by atoms with Crippen molar-refractivity contribution in [3.8, 4) is 0 Å². The number of methoxy groups -OCH3 is 1. The zero-order chi connectivity index (χ0) is 21.3. The number of esters is 1. The molecular weight excluding hydrogens is 388 g/mol. The van der Waals surface area contributed by atoms with Crippen molar-refractivity contribution >= 4 is 17.7 Å². The highest BCUT2D eigenvalue weighted by atomic mass is 32.2. The van der Waals surface area contributed by atoms with E-state index in [2.05, 4.69) is 6.92 Å². The van der Waals surface area contributed by atoms with Crippen LogP contribution in [0.1, 0.15) is 96.8 Å². The largest absolute Gasteiger partial charge is 0.499 e. The molecule has 0 spiro atoms. The summed E-state index contributed by atoms with van der Waals surface area (Å²) in [6.45, 7) is 2.27. The molecule has 6 heteroatoms. The van der Waals surface area contributed by atoms with E-state index in [1.807, 2.05) is 0 Å². The molecule has 170 valence electrons. The van der Waals surface area contributed by atoms with E-state index < -0.39 is 23.9 Å². The third kappa shape index (κ3) is 11.2. The first-order valence-electron chi connectivity index (χ1n) is 11.6. The Balaban J connectivity index is 1.87. The summed E-state index contributed by atoms with van der Waals surface area (Å²) in [4.78, 5) is 11.4. The van der Waals surface area contributed by atoms with E-state index in [0.29, 0.717) is 5.75 Å². The zero-order valence-corrected chi connectivity index (χ0v) is 19.3. The van der Waals surface area contributed by atoms with Crippen LogP contribution in [-0.2, 0) is 14.3 Å². The second-order valence-corrected chi connectivity index (χ2v) is 9.13. The van der Waals surface area contributed by atoms with E-state index in [-0.39, 0.29) is 5.76 Å². The van der Waals surface area contributed by atoms with Crippen molar-refractivity contribution in [1.82, 2.24) is 0 Å². The predicted octanol–water partition coefficient (Wildman–Crippen LogP) is 5.90. The van der Waals surface area contributed by atoms with Gasteiger partial charge in [-0.25, -0.2) is 4.79 Å². The molecule has 0 amide bonds. The van der Waals surface area contributed by atoms with Gasteiger partial charge in [0.05, 0.1) is 7.11 Å². The molecule has 2 N–H and O–H groups in total. The minimum absolute atomic E-state index is 0.0274. The minimum atomic E-state index is -0.892. The van der Waals surface area contributed by atoms with Crippen molar-refractivity contribution in [3.05, 3.63) is 11.5 Å². The van der Waals surface area contributed by atoms with Gasteiger partial charge in [0.2, 0.25) is 5.76 Å². The summed E-state index contributed by atoms with van der Waals surface area (Å²) in [5.74, 6) is 0.0978. The fourth-order valence-corrected chi connectivity index (χ4v) is 4.61. The van der Waals surface area contributed by atoms with Gasteiger partial charge in [-0.2, -0.15) is 11.8 Å². The van der Waals surface area contributed by atoms with E-state index in [1.54, 1.807) is 11.8 Å². The van der Waals surface area contributed by atoms with Gasteiger partial charge in [0, 0.05) is 5.75 Å². The van der Waals surface area contributed by atoms with Crippen LogP contribution in [0.15, 0.2) is 11.5 Å². The Morgan fingerprint density at radius 2 is 1.41 bits per heavy atom. The first-order valence-corrected chi connectivity index (χ1v) is 12.7. The van der Waals surface area contributed by atoms with Crippen molar-refractivity contribution in [1.29, 1.82) is 0 Å². The lowest BCUT2D eigenvalue weighted by molar-refractivity contribution is -0.146. The Labute approximate surface area is 181 Å². The smallest absolute Gasteiger partial charge is 0.378 e. The second kappa shape index (κ2) is 16.9. The summed E-state index contributed by atoms with van der Waals surface area (Å²) in [6.07, 6.45) is 17.1. The van der Waals surface area contributed by atoms with Crippen LogP contribution >= 0.6 is 11.8 Å². The van der Waals surface area contributed by atoms with Crippen LogP contribution in [0.4, 0.5) is 0 Å². The van der Waals surface area contributed by atoms with Gasteiger partial charge in [0.25, 0.3) is 0 Å². The van der Waals surface area contributed by atoms with Crippen LogP contribution in [0.2, 0.25) is 0 Å². The van der Waals surface area contributed by atoms with Crippen LogP contribution in [0.25, 0.3) is 0 Å². The number of hydrogen-bond donors (Lipinski definition) is 2. The molecule has 0 aromatic heterocycles. The van der Waals surface area contributed by atoms with Gasteiger partial charge in [-0.1, -0.05) is 90.4 Å². The van der Waals surface area contributed by atoms with Gasteiger partial charge >= 0.3 is 5.97 Å². The van der Waals surface area contributed by atoms with E-state index in [9.17, 15) is 15.0 Å². The number of unbranched alkanes of at least 4 members (excludes halogenated alkanes) is 13. The third-order valence-electron chi connectivity index (χ3n) is 5.42. The normalized spacial score (nSPS) is 17.6. The van der Waals surface area contributed by atoms with Crippen molar-refractivity contribution < 1.29 is 24.5 Å². The summed E-state index contributed by atoms with van der Waals surface area (Å²) in [5, 5.41) is 19.7. The topological polar surface area (TPSA) is 76.0 Å². The van der Waals surface area contributed by atoms with Gasteiger partial charge < -0.3 is 19.7 Å². The van der Waals surface area contributed by atoms with Crippen LogP contribution in [0.3, 0.4) is 0 Å². The molecule has 0 aromatic carbocycles. The molecule has 0 saturated carbocycles. The average molecular weight is 431 g/mol. The predicted molar refractivity (Wildman–Crippen MR) is 120 cm³/mol. The molecule has 1 heterocycles. The molecule has 1 aliphatic heterocycles. The lowest BCUT2D eigenvalue weighted by Gasteiger charge is -2.18. The summed E-state index contributed by atoms with van der Waals surface area (Å²) < 4.78 is 9.94. The lowest BCUT2D eigenvalue weighted by atomic mass is 10.0. The fourth-order valence-electron chi connectivity index (χ4n) is 3.62. The Morgan fingerprint density at radius 1 is 0.931 bits per heavy atom. The third-order valence-corrected chi connectivity index (χ3v) is 6.57. The van der Waals surface area contributed by atoms with E-state index in [4.69, 9.17) is 9.47 Å². The molecule has 0 aliphatic carbocycles. The Morgan fingerprint density at radius 3 is 1.90 bits per heavy atom. The number of carbonyl (C=O) groups excluding carboxylic acids is 1. The molecule has 5 nitrogen and oxygen atoms in total. The van der Waals surface area contributed by atoms with Crippen LogP contribution in [-0.4, -0.2) is 47.0 Å². The fraction of sp³-hybridized carbons (Fsp3) is 0.870. The van der Waals surface area contributed by atoms with Gasteiger partial charge in [-0.05, 0) is 12.2 Å². The second-order valence-electron chi connectivity index (χ2n) is 7.98. The average Bonchev–Trinajstić information content (AvgIpc) is 3.01. The van der Waals surface area contributed by atoms with E-state index >= 15 is 0 Å². The summed E-state index contributed by atoms with van der Waals surface area (Å²) in [6, 6.07) is 0.